The van der Waals surface area contributed by atoms with Crippen LogP contribution >= 0.6 is 34.5 Å². The highest BCUT2D eigenvalue weighted by Gasteiger charge is 2.23. The van der Waals surface area contributed by atoms with Crippen LogP contribution < -0.4 is 10.6 Å². The van der Waals surface area contributed by atoms with Gasteiger partial charge in [-0.3, -0.25) is 4.79 Å². The number of halogens is 2. The highest BCUT2D eigenvalue weighted by Crippen LogP contribution is 2.37. The van der Waals surface area contributed by atoms with Crippen molar-refractivity contribution in [2.75, 3.05) is 18.4 Å². The average Bonchev–Trinajstić information content (AvgIpc) is 3.03. The fourth-order valence-corrected chi connectivity index (χ4v) is 4.64. The monoisotopic (exact) mass is 408 g/mol. The van der Waals surface area contributed by atoms with E-state index in [9.17, 15) is 4.79 Å². The Balaban J connectivity index is 1.75. The number of anilines is 1. The van der Waals surface area contributed by atoms with E-state index in [2.05, 4.69) is 20.2 Å². The van der Waals surface area contributed by atoms with Gasteiger partial charge in [0, 0.05) is 29.4 Å². The molecule has 26 heavy (non-hydrogen) atoms. The lowest BCUT2D eigenvalue weighted by Crippen LogP contribution is -2.21. The van der Waals surface area contributed by atoms with E-state index in [0.29, 0.717) is 15.2 Å². The first-order valence-corrected chi connectivity index (χ1v) is 10.1. The summed E-state index contributed by atoms with van der Waals surface area (Å²) in [4.78, 5) is 16.9. The minimum Gasteiger partial charge on any atom is -0.335 e. The van der Waals surface area contributed by atoms with Crippen LogP contribution in [0.3, 0.4) is 0 Å². The molecule has 0 radical (unpaired) electrons. The van der Waals surface area contributed by atoms with Gasteiger partial charge in [0.05, 0.1) is 21.3 Å². The Labute approximate surface area is 165 Å². The highest BCUT2D eigenvalue weighted by atomic mass is 35.5. The first-order valence-electron chi connectivity index (χ1n) is 8.45. The number of carbonyl (C=O) groups excluding carboxylic acids is 1. The van der Waals surface area contributed by atoms with Crippen molar-refractivity contribution in [3.8, 4) is 0 Å². The van der Waals surface area contributed by atoms with Crippen molar-refractivity contribution >= 4 is 56.5 Å². The quantitative estimate of drug-likeness (QED) is 0.687. The van der Waals surface area contributed by atoms with Crippen LogP contribution in [0, 0.1) is 6.92 Å². The Morgan fingerprint density at radius 3 is 2.92 bits per heavy atom. The number of amides is 1. The van der Waals surface area contributed by atoms with Crippen molar-refractivity contribution in [3.63, 3.8) is 0 Å². The number of aryl methyl sites for hydroxylation is 1. The topological polar surface area (TPSA) is 59.0 Å². The number of rotatable bonds is 3. The summed E-state index contributed by atoms with van der Waals surface area (Å²) in [5.41, 5.74) is 4.20. The van der Waals surface area contributed by atoms with Gasteiger partial charge in [0.1, 0.15) is 6.54 Å². The van der Waals surface area contributed by atoms with E-state index in [-0.39, 0.29) is 12.5 Å². The van der Waals surface area contributed by atoms with Crippen LogP contribution in [0.25, 0.3) is 10.9 Å². The standard InChI is InChI=1S/C18H18Cl2N4OS/c1-10-9-26-18(22-10)23-15(25)8-24-13-5-7-21-6-4-11(13)16-14(24)3-2-12(19)17(16)20/h2-3,9,21H,4-8H2,1H3,(H,22,23,25). The fourth-order valence-electron chi connectivity index (χ4n) is 3.50. The van der Waals surface area contributed by atoms with Crippen molar-refractivity contribution in [1.29, 1.82) is 0 Å². The van der Waals surface area contributed by atoms with Crippen molar-refractivity contribution < 1.29 is 4.79 Å². The molecule has 0 aliphatic carbocycles. The number of hydrogen-bond donors (Lipinski definition) is 2. The molecule has 8 heteroatoms. The molecule has 0 unspecified atom stereocenters. The first-order chi connectivity index (χ1) is 12.5. The molecule has 1 amide bonds. The molecule has 3 aromatic rings. The molecule has 0 fully saturated rings. The van der Waals surface area contributed by atoms with Gasteiger partial charge in [0.2, 0.25) is 5.91 Å². The number of benzene rings is 1. The van der Waals surface area contributed by atoms with E-state index >= 15 is 0 Å². The van der Waals surface area contributed by atoms with E-state index in [0.717, 1.165) is 48.2 Å². The van der Waals surface area contributed by atoms with Gasteiger partial charge in [-0.15, -0.1) is 11.3 Å². The lowest BCUT2D eigenvalue weighted by Gasteiger charge is -2.10. The van der Waals surface area contributed by atoms with Gasteiger partial charge in [0.15, 0.2) is 5.13 Å². The van der Waals surface area contributed by atoms with Crippen molar-refractivity contribution in [2.45, 2.75) is 26.3 Å². The van der Waals surface area contributed by atoms with Gasteiger partial charge in [-0.05, 0) is 37.6 Å². The van der Waals surface area contributed by atoms with Gasteiger partial charge in [-0.2, -0.15) is 0 Å². The number of nitrogens with zero attached hydrogens (tertiary/aromatic N) is 2. The summed E-state index contributed by atoms with van der Waals surface area (Å²) in [6.45, 7) is 3.90. The maximum Gasteiger partial charge on any atom is 0.246 e. The van der Waals surface area contributed by atoms with Crippen LogP contribution in [-0.4, -0.2) is 28.5 Å². The summed E-state index contributed by atoms with van der Waals surface area (Å²) >= 11 is 14.2. The summed E-state index contributed by atoms with van der Waals surface area (Å²) in [7, 11) is 0. The molecule has 0 atom stereocenters. The van der Waals surface area contributed by atoms with Gasteiger partial charge in [-0.25, -0.2) is 4.98 Å². The van der Waals surface area contributed by atoms with Gasteiger partial charge < -0.3 is 15.2 Å². The number of hydrogen-bond acceptors (Lipinski definition) is 4. The SMILES string of the molecule is Cc1csc(NC(=O)Cn2c3c(c4c(Cl)c(Cl)ccc42)CCNCC3)n1. The molecule has 0 bridgehead atoms. The zero-order valence-electron chi connectivity index (χ0n) is 14.2. The van der Waals surface area contributed by atoms with Crippen LogP contribution in [-0.2, 0) is 24.2 Å². The third-order valence-electron chi connectivity index (χ3n) is 4.60. The zero-order chi connectivity index (χ0) is 18.3. The molecular formula is C18H18Cl2N4OS. The second kappa shape index (κ2) is 7.19. The Bertz CT molecular complexity index is 995. The van der Waals surface area contributed by atoms with Crippen LogP contribution in [0.5, 0.6) is 0 Å². The molecule has 136 valence electrons. The van der Waals surface area contributed by atoms with Crippen LogP contribution in [0.1, 0.15) is 17.0 Å². The minimum absolute atomic E-state index is 0.0951. The maximum atomic E-state index is 12.6. The molecule has 1 aliphatic heterocycles. The molecular weight excluding hydrogens is 391 g/mol. The molecule has 1 aromatic carbocycles. The Morgan fingerprint density at radius 1 is 1.35 bits per heavy atom. The van der Waals surface area contributed by atoms with E-state index in [1.54, 1.807) is 6.07 Å². The van der Waals surface area contributed by atoms with Crippen molar-refractivity contribution in [3.05, 3.63) is 44.5 Å². The summed E-state index contributed by atoms with van der Waals surface area (Å²) in [6.07, 6.45) is 1.72. The fraction of sp³-hybridized carbons (Fsp3) is 0.333. The molecule has 0 saturated heterocycles. The molecule has 2 N–H and O–H groups in total. The molecule has 3 heterocycles. The van der Waals surface area contributed by atoms with E-state index in [4.69, 9.17) is 23.2 Å². The van der Waals surface area contributed by atoms with Crippen LogP contribution in [0.4, 0.5) is 5.13 Å². The third kappa shape index (κ3) is 3.22. The Hall–Kier alpha value is -1.60. The van der Waals surface area contributed by atoms with Gasteiger partial charge >= 0.3 is 0 Å². The molecule has 5 nitrogen and oxygen atoms in total. The smallest absolute Gasteiger partial charge is 0.246 e. The molecule has 0 saturated carbocycles. The van der Waals surface area contributed by atoms with Crippen LogP contribution in [0.2, 0.25) is 10.0 Å². The van der Waals surface area contributed by atoms with E-state index in [1.165, 1.54) is 16.9 Å². The largest absolute Gasteiger partial charge is 0.335 e. The zero-order valence-corrected chi connectivity index (χ0v) is 16.6. The predicted octanol–water partition coefficient (Wildman–Crippen LogP) is 4.04. The number of thiazole rings is 1. The first kappa shape index (κ1) is 17.8. The maximum absolute atomic E-state index is 12.6. The predicted molar refractivity (Wildman–Crippen MR) is 108 cm³/mol. The van der Waals surface area contributed by atoms with Gasteiger partial charge in [0.25, 0.3) is 0 Å². The van der Waals surface area contributed by atoms with Crippen molar-refractivity contribution in [1.82, 2.24) is 14.9 Å². The van der Waals surface area contributed by atoms with E-state index in [1.807, 2.05) is 18.4 Å². The molecule has 2 aromatic heterocycles. The van der Waals surface area contributed by atoms with Crippen LogP contribution in [0.15, 0.2) is 17.5 Å². The second-order valence-corrected chi connectivity index (χ2v) is 8.00. The molecule has 1 aliphatic rings. The van der Waals surface area contributed by atoms with E-state index < -0.39 is 0 Å². The average molecular weight is 409 g/mol. The summed E-state index contributed by atoms with van der Waals surface area (Å²) < 4.78 is 2.07. The number of fused-ring (bicyclic) bond motifs is 3. The summed E-state index contributed by atoms with van der Waals surface area (Å²) in [5, 5.41) is 10.9. The Morgan fingerprint density at radius 2 is 2.15 bits per heavy atom. The summed E-state index contributed by atoms with van der Waals surface area (Å²) in [5.74, 6) is -0.0951. The second-order valence-electron chi connectivity index (χ2n) is 6.36. The number of carbonyl (C=O) groups is 1. The highest BCUT2D eigenvalue weighted by molar-refractivity contribution is 7.13. The molecule has 0 spiro atoms. The van der Waals surface area contributed by atoms with Gasteiger partial charge in [-0.1, -0.05) is 23.2 Å². The molecule has 4 rings (SSSR count). The number of nitrogens with one attached hydrogen (secondary N) is 2. The van der Waals surface area contributed by atoms with Crippen molar-refractivity contribution in [2.24, 2.45) is 0 Å². The summed E-state index contributed by atoms with van der Waals surface area (Å²) in [6, 6.07) is 3.74. The number of aromatic nitrogens is 2. The lowest BCUT2D eigenvalue weighted by atomic mass is 10.1. The Kier molecular flexibility index (Phi) is 4.92. The third-order valence-corrected chi connectivity index (χ3v) is 6.28. The minimum atomic E-state index is -0.0951. The normalized spacial score (nSPS) is 14.3. The lowest BCUT2D eigenvalue weighted by molar-refractivity contribution is -0.116.